The number of aliphatic hydroxyl groups excluding tert-OH is 1. The molecular weight excluding hydrogens is 302 g/mol. The summed E-state index contributed by atoms with van der Waals surface area (Å²) in [6, 6.07) is 0. The average Bonchev–Trinajstić information content (AvgIpc) is 2.70. The number of hydrogen-bond acceptors (Lipinski definition) is 5. The first-order valence-electron chi connectivity index (χ1n) is 6.02. The molecule has 1 rings (SSSR count). The Bertz CT molecular complexity index is 589. The van der Waals surface area contributed by atoms with Crippen molar-refractivity contribution in [1.82, 2.24) is 4.72 Å². The largest absolute Gasteiger partial charge is 0.477 e. The van der Waals surface area contributed by atoms with Gasteiger partial charge in [-0.2, -0.15) is 0 Å². The minimum absolute atomic E-state index is 0.0351. The fourth-order valence-electron chi connectivity index (χ4n) is 1.67. The fraction of sp³-hybridized carbons (Fsp3) is 0.583. The average molecular weight is 321 g/mol. The first-order chi connectivity index (χ1) is 9.10. The number of sulfonamides is 1. The summed E-state index contributed by atoms with van der Waals surface area (Å²) in [4.78, 5) is 10.7. The highest BCUT2D eigenvalue weighted by molar-refractivity contribution is 7.89. The molecule has 0 aromatic carbocycles. The molecule has 0 unspecified atom stereocenters. The van der Waals surface area contributed by atoms with Crippen LogP contribution in [0, 0.1) is 12.3 Å². The molecule has 0 saturated heterocycles. The quantitative estimate of drug-likeness (QED) is 0.705. The lowest BCUT2D eigenvalue weighted by molar-refractivity contribution is 0.0698. The van der Waals surface area contributed by atoms with E-state index >= 15 is 0 Å². The Labute approximate surface area is 122 Å². The van der Waals surface area contributed by atoms with Gasteiger partial charge in [-0.3, -0.25) is 0 Å². The second-order valence-corrected chi connectivity index (χ2v) is 7.93. The number of aromatic carboxylic acids is 1. The van der Waals surface area contributed by atoms with Gasteiger partial charge in [-0.15, -0.1) is 11.3 Å². The molecular formula is C12H19NO5S2. The summed E-state index contributed by atoms with van der Waals surface area (Å²) in [5.74, 6) is -1.25. The topological polar surface area (TPSA) is 104 Å². The van der Waals surface area contributed by atoms with E-state index < -0.39 is 21.4 Å². The summed E-state index contributed by atoms with van der Waals surface area (Å²) in [7, 11) is -3.88. The van der Waals surface area contributed by atoms with Gasteiger partial charge in [0.05, 0.1) is 0 Å². The summed E-state index contributed by atoms with van der Waals surface area (Å²) < 4.78 is 26.9. The Morgan fingerprint density at radius 1 is 1.45 bits per heavy atom. The van der Waals surface area contributed by atoms with E-state index in [9.17, 15) is 13.2 Å². The third kappa shape index (κ3) is 4.02. The van der Waals surface area contributed by atoms with Gasteiger partial charge < -0.3 is 10.2 Å². The maximum Gasteiger partial charge on any atom is 0.347 e. The van der Waals surface area contributed by atoms with Crippen molar-refractivity contribution in [1.29, 1.82) is 0 Å². The van der Waals surface area contributed by atoms with Crippen LogP contribution in [0.15, 0.2) is 10.3 Å². The van der Waals surface area contributed by atoms with E-state index in [4.69, 9.17) is 10.2 Å². The van der Waals surface area contributed by atoms with E-state index in [2.05, 4.69) is 4.72 Å². The van der Waals surface area contributed by atoms with E-state index in [-0.39, 0.29) is 22.9 Å². The van der Waals surface area contributed by atoms with Crippen LogP contribution in [0.4, 0.5) is 0 Å². The summed E-state index contributed by atoms with van der Waals surface area (Å²) in [6.07, 6.45) is 0.448. The number of carboxylic acids is 1. The van der Waals surface area contributed by atoms with E-state index in [1.165, 1.54) is 5.38 Å². The van der Waals surface area contributed by atoms with E-state index in [1.54, 1.807) is 6.92 Å². The maximum atomic E-state index is 12.3. The van der Waals surface area contributed by atoms with Crippen LogP contribution in [-0.2, 0) is 10.0 Å². The molecule has 0 amide bonds. The van der Waals surface area contributed by atoms with Gasteiger partial charge in [-0.25, -0.2) is 17.9 Å². The molecule has 0 aliphatic rings. The van der Waals surface area contributed by atoms with Gasteiger partial charge in [0.25, 0.3) is 0 Å². The number of aryl methyl sites for hydroxylation is 1. The summed E-state index contributed by atoms with van der Waals surface area (Å²) >= 11 is 0.896. The van der Waals surface area contributed by atoms with Gasteiger partial charge in [0, 0.05) is 13.2 Å². The van der Waals surface area contributed by atoms with Crippen molar-refractivity contribution >= 4 is 27.3 Å². The fourth-order valence-corrected chi connectivity index (χ4v) is 4.54. The number of carboxylic acid groups (broad SMARTS) is 1. The van der Waals surface area contributed by atoms with Crippen molar-refractivity contribution in [2.45, 2.75) is 32.1 Å². The van der Waals surface area contributed by atoms with E-state index in [0.717, 1.165) is 11.3 Å². The Hall–Kier alpha value is -0.960. The van der Waals surface area contributed by atoms with E-state index in [1.807, 2.05) is 13.8 Å². The molecule has 1 aromatic heterocycles. The first kappa shape index (κ1) is 17.1. The van der Waals surface area contributed by atoms with Crippen LogP contribution in [0.3, 0.4) is 0 Å². The summed E-state index contributed by atoms with van der Waals surface area (Å²) in [6.45, 7) is 5.31. The summed E-state index contributed by atoms with van der Waals surface area (Å²) in [5.41, 5.74) is 0.00893. The van der Waals surface area contributed by atoms with Crippen LogP contribution in [-0.4, -0.2) is 37.8 Å². The molecule has 0 spiro atoms. The van der Waals surface area contributed by atoms with Gasteiger partial charge >= 0.3 is 5.97 Å². The molecule has 0 saturated carbocycles. The molecule has 0 bridgehead atoms. The SMILES string of the molecule is Cc1csc(C(=O)O)c1S(=O)(=O)NCC(C)(C)CCO. The molecule has 0 radical (unpaired) electrons. The van der Waals surface area contributed by atoms with Crippen molar-refractivity contribution in [2.75, 3.05) is 13.2 Å². The monoisotopic (exact) mass is 321 g/mol. The van der Waals surface area contributed by atoms with Crippen LogP contribution >= 0.6 is 11.3 Å². The zero-order valence-electron chi connectivity index (χ0n) is 11.6. The Morgan fingerprint density at radius 2 is 2.05 bits per heavy atom. The Balaban J connectivity index is 3.01. The normalized spacial score (nSPS) is 12.6. The lowest BCUT2D eigenvalue weighted by Crippen LogP contribution is -2.35. The zero-order chi connectivity index (χ0) is 15.6. The molecule has 0 fully saturated rings. The van der Waals surface area contributed by atoms with Crippen LogP contribution in [0.25, 0.3) is 0 Å². The molecule has 0 aliphatic heterocycles. The highest BCUT2D eigenvalue weighted by atomic mass is 32.2. The van der Waals surface area contributed by atoms with E-state index in [0.29, 0.717) is 12.0 Å². The standard InChI is InChI=1S/C12H19NO5S2/c1-8-6-19-9(11(15)16)10(8)20(17,18)13-7-12(2,3)4-5-14/h6,13-14H,4-5,7H2,1-3H3,(H,15,16). The highest BCUT2D eigenvalue weighted by Gasteiger charge is 2.28. The Kier molecular flexibility index (Phi) is 5.31. The molecule has 114 valence electrons. The molecule has 20 heavy (non-hydrogen) atoms. The molecule has 1 aromatic rings. The van der Waals surface area contributed by atoms with Crippen molar-refractivity contribution in [2.24, 2.45) is 5.41 Å². The third-order valence-corrected chi connectivity index (χ3v) is 5.71. The van der Waals surface area contributed by atoms with Gasteiger partial charge in [-0.05, 0) is 29.7 Å². The minimum atomic E-state index is -3.88. The number of rotatable bonds is 7. The van der Waals surface area contributed by atoms with Crippen molar-refractivity contribution in [3.8, 4) is 0 Å². The predicted molar refractivity (Wildman–Crippen MR) is 76.7 cm³/mol. The number of carbonyl (C=O) groups is 1. The second-order valence-electron chi connectivity index (χ2n) is 5.34. The number of hydrogen-bond donors (Lipinski definition) is 3. The smallest absolute Gasteiger partial charge is 0.347 e. The highest BCUT2D eigenvalue weighted by Crippen LogP contribution is 2.27. The molecule has 8 heteroatoms. The lowest BCUT2D eigenvalue weighted by atomic mass is 9.90. The number of thiophene rings is 1. The molecule has 3 N–H and O–H groups in total. The van der Waals surface area contributed by atoms with Gasteiger partial charge in [0.1, 0.15) is 9.77 Å². The van der Waals surface area contributed by atoms with Crippen LogP contribution in [0.2, 0.25) is 0 Å². The predicted octanol–water partition coefficient (Wildman–Crippen LogP) is 1.44. The van der Waals surface area contributed by atoms with Crippen molar-refractivity contribution in [3.05, 3.63) is 15.8 Å². The molecule has 6 nitrogen and oxygen atoms in total. The van der Waals surface area contributed by atoms with Crippen molar-refractivity contribution < 1.29 is 23.4 Å². The lowest BCUT2D eigenvalue weighted by Gasteiger charge is -2.23. The summed E-state index contributed by atoms with van der Waals surface area (Å²) in [5, 5.41) is 19.5. The van der Waals surface area contributed by atoms with Gasteiger partial charge in [0.2, 0.25) is 10.0 Å². The zero-order valence-corrected chi connectivity index (χ0v) is 13.3. The third-order valence-electron chi connectivity index (χ3n) is 2.91. The van der Waals surface area contributed by atoms with Crippen molar-refractivity contribution in [3.63, 3.8) is 0 Å². The van der Waals surface area contributed by atoms with Crippen LogP contribution < -0.4 is 4.72 Å². The minimum Gasteiger partial charge on any atom is -0.477 e. The molecule has 1 heterocycles. The molecule has 0 aliphatic carbocycles. The van der Waals surface area contributed by atoms with Gasteiger partial charge in [-0.1, -0.05) is 13.8 Å². The second kappa shape index (κ2) is 6.21. The Morgan fingerprint density at radius 3 is 2.55 bits per heavy atom. The maximum absolute atomic E-state index is 12.3. The van der Waals surface area contributed by atoms with Crippen LogP contribution in [0.5, 0.6) is 0 Å². The number of nitrogens with one attached hydrogen (secondary N) is 1. The van der Waals surface area contributed by atoms with Gasteiger partial charge in [0.15, 0.2) is 0 Å². The number of aliphatic hydroxyl groups is 1. The molecule has 0 atom stereocenters. The first-order valence-corrected chi connectivity index (χ1v) is 8.39. The van der Waals surface area contributed by atoms with Crippen LogP contribution in [0.1, 0.15) is 35.5 Å².